The van der Waals surface area contributed by atoms with E-state index in [0.717, 1.165) is 0 Å². The van der Waals surface area contributed by atoms with Crippen molar-refractivity contribution in [3.8, 4) is 0 Å². The summed E-state index contributed by atoms with van der Waals surface area (Å²) in [6, 6.07) is 8.19. The van der Waals surface area contributed by atoms with E-state index in [4.69, 9.17) is 26.9 Å². The molecule has 0 radical (unpaired) electrons. The lowest BCUT2D eigenvalue weighted by Crippen LogP contribution is -2.17. The Morgan fingerprint density at radius 2 is 0.880 bits per heavy atom. The van der Waals surface area contributed by atoms with Crippen LogP contribution in [0.2, 0.25) is 0 Å². The topological polar surface area (TPSA) is 151 Å². The summed E-state index contributed by atoms with van der Waals surface area (Å²) in [6.07, 6.45) is 0. The Morgan fingerprint density at radius 3 is 1.08 bits per heavy atom. The van der Waals surface area contributed by atoms with Crippen LogP contribution >= 0.6 is 7.92 Å². The first kappa shape index (κ1) is 18.4. The fourth-order valence-corrected chi connectivity index (χ4v) is 5.01. The maximum Gasteiger partial charge on any atom is 0.223 e. The Bertz CT molecular complexity index is 848. The van der Waals surface area contributed by atoms with Gasteiger partial charge in [0, 0.05) is 0 Å². The molecular formula is C12H9O9PS3. The zero-order chi connectivity index (χ0) is 18.1. The van der Waals surface area contributed by atoms with Gasteiger partial charge in [0.1, 0.15) is 24.4 Å². The third-order valence-corrected chi connectivity index (χ3v) is 6.61. The Morgan fingerprint density at radius 1 is 0.600 bits per heavy atom. The van der Waals surface area contributed by atoms with Gasteiger partial charge in [0.05, 0.1) is 0 Å². The lowest BCUT2D eigenvalue weighted by molar-refractivity contribution is 0.452. The predicted molar refractivity (Wildman–Crippen MR) is 89.1 cm³/mol. The second-order valence-electron chi connectivity index (χ2n) is 4.36. The highest BCUT2D eigenvalue weighted by Crippen LogP contribution is 2.35. The molecule has 13 heteroatoms. The van der Waals surface area contributed by atoms with Crippen LogP contribution in [0.4, 0.5) is 0 Å². The van der Waals surface area contributed by atoms with Crippen LogP contribution in [-0.2, 0) is 33.2 Å². The number of hydrogen-bond donors (Lipinski definition) is 3. The van der Waals surface area contributed by atoms with Gasteiger partial charge < -0.3 is 13.3 Å². The third-order valence-electron chi connectivity index (χ3n) is 2.88. The van der Waals surface area contributed by atoms with Gasteiger partial charge in [-0.25, -0.2) is 12.6 Å². The molecule has 0 saturated heterocycles. The van der Waals surface area contributed by atoms with Crippen molar-refractivity contribution in [1.82, 2.24) is 0 Å². The molecule has 3 N–H and O–H groups in total. The quantitative estimate of drug-likeness (QED) is 0.388. The summed E-state index contributed by atoms with van der Waals surface area (Å²) in [4.78, 5) is 0. The monoisotopic (exact) mass is 424 g/mol. The third kappa shape index (κ3) is 3.90. The van der Waals surface area contributed by atoms with E-state index in [2.05, 4.69) is 0 Å². The molecule has 0 bridgehead atoms. The molecule has 0 saturated carbocycles. The Labute approximate surface area is 149 Å². The van der Waals surface area contributed by atoms with Crippen LogP contribution in [0, 0.1) is 0 Å². The summed E-state index contributed by atoms with van der Waals surface area (Å²) in [5, 5.41) is -0.590. The summed E-state index contributed by atoms with van der Waals surface area (Å²) in [5.41, 5.74) is 0.630. The standard InChI is InChI=1S/C12H9O9PS3/c13-23(14)10-4-1-7(19-10)22(8-2-5-11(20-8)24(15)16)9-3-6-12(21-9)25(17)18/h1-6H,(H,13,14)(H,15,16)(H,17,18). The maximum absolute atomic E-state index is 11.1. The average Bonchev–Trinajstić information content (AvgIpc) is 3.28. The Hall–Kier alpha value is -1.40. The molecule has 25 heavy (non-hydrogen) atoms. The highest BCUT2D eigenvalue weighted by Gasteiger charge is 2.29. The van der Waals surface area contributed by atoms with Gasteiger partial charge in [-0.15, -0.1) is 0 Å². The second kappa shape index (κ2) is 7.46. The molecule has 0 aliphatic heterocycles. The van der Waals surface area contributed by atoms with Crippen molar-refractivity contribution in [1.29, 1.82) is 0 Å². The van der Waals surface area contributed by atoms with Crippen LogP contribution in [0.3, 0.4) is 0 Å². The van der Waals surface area contributed by atoms with E-state index in [0.29, 0.717) is 0 Å². The van der Waals surface area contributed by atoms with Crippen molar-refractivity contribution in [2.24, 2.45) is 0 Å². The first-order valence-electron chi connectivity index (χ1n) is 6.29. The highest BCUT2D eigenvalue weighted by atomic mass is 32.2. The highest BCUT2D eigenvalue weighted by molar-refractivity contribution is 7.80. The first-order valence-corrected chi connectivity index (χ1v) is 10.9. The molecule has 3 unspecified atom stereocenters. The van der Waals surface area contributed by atoms with Gasteiger partial charge in [0.15, 0.2) is 0 Å². The number of furan rings is 3. The van der Waals surface area contributed by atoms with Crippen LogP contribution in [0.1, 0.15) is 0 Å². The van der Waals surface area contributed by atoms with Crippen LogP contribution in [0.5, 0.6) is 0 Å². The summed E-state index contributed by atoms with van der Waals surface area (Å²) in [6.45, 7) is 0. The van der Waals surface area contributed by atoms with E-state index in [1.54, 1.807) is 0 Å². The van der Waals surface area contributed by atoms with Gasteiger partial charge in [-0.05, 0) is 36.4 Å². The molecule has 0 spiro atoms. The summed E-state index contributed by atoms with van der Waals surface area (Å²) >= 11 is -7.01. The van der Waals surface area contributed by atoms with E-state index >= 15 is 0 Å². The van der Waals surface area contributed by atoms with Crippen molar-refractivity contribution in [2.75, 3.05) is 0 Å². The fourth-order valence-electron chi connectivity index (χ4n) is 1.90. The van der Waals surface area contributed by atoms with Crippen LogP contribution in [0.15, 0.2) is 64.9 Å². The number of rotatable bonds is 6. The summed E-state index contributed by atoms with van der Waals surface area (Å²) < 4.78 is 76.7. The molecule has 3 aromatic heterocycles. The maximum atomic E-state index is 11.1. The second-order valence-corrected chi connectivity index (χ2v) is 9.06. The lowest BCUT2D eigenvalue weighted by Gasteiger charge is -2.09. The normalized spacial score (nSPS) is 16.4. The van der Waals surface area contributed by atoms with Gasteiger partial charge in [0.2, 0.25) is 48.5 Å². The van der Waals surface area contributed by atoms with E-state index in [1.165, 1.54) is 36.4 Å². The van der Waals surface area contributed by atoms with Gasteiger partial charge in [0.25, 0.3) is 0 Å². The van der Waals surface area contributed by atoms with E-state index < -0.39 is 41.2 Å². The minimum atomic E-state index is -2.34. The SMILES string of the molecule is O=S(O)c1ccc(P(c2ccc(S(=O)O)o2)c2ccc(S(=O)O)o2)o1. The zero-order valence-electron chi connectivity index (χ0n) is 11.9. The molecule has 0 fully saturated rings. The van der Waals surface area contributed by atoms with Gasteiger partial charge in [-0.1, -0.05) is 0 Å². The van der Waals surface area contributed by atoms with Crippen molar-refractivity contribution in [2.45, 2.75) is 15.3 Å². The average molecular weight is 424 g/mol. The van der Waals surface area contributed by atoms with Crippen molar-refractivity contribution in [3.05, 3.63) is 36.4 Å². The molecule has 0 aromatic carbocycles. The van der Waals surface area contributed by atoms with Crippen LogP contribution in [0.25, 0.3) is 0 Å². The fraction of sp³-hybridized carbons (Fsp3) is 0. The molecule has 9 nitrogen and oxygen atoms in total. The largest absolute Gasteiger partial charge is 0.444 e. The van der Waals surface area contributed by atoms with Gasteiger partial charge >= 0.3 is 0 Å². The van der Waals surface area contributed by atoms with E-state index in [1.807, 2.05) is 0 Å². The first-order chi connectivity index (χ1) is 11.9. The molecule has 3 rings (SSSR count). The molecule has 3 aromatic rings. The number of hydrogen-bond acceptors (Lipinski definition) is 6. The van der Waals surface area contributed by atoms with Gasteiger partial charge in [-0.2, -0.15) is 0 Å². The van der Waals surface area contributed by atoms with Crippen LogP contribution < -0.4 is 16.5 Å². The van der Waals surface area contributed by atoms with Gasteiger partial charge in [-0.3, -0.25) is 13.7 Å². The van der Waals surface area contributed by atoms with E-state index in [-0.39, 0.29) is 31.8 Å². The Kier molecular flexibility index (Phi) is 5.49. The van der Waals surface area contributed by atoms with Crippen molar-refractivity contribution in [3.63, 3.8) is 0 Å². The molecule has 134 valence electrons. The smallest absolute Gasteiger partial charge is 0.223 e. The van der Waals surface area contributed by atoms with E-state index in [9.17, 15) is 12.6 Å². The molecule has 0 aliphatic rings. The predicted octanol–water partition coefficient (Wildman–Crippen LogP) is 0.966. The Balaban J connectivity index is 2.10. The minimum Gasteiger partial charge on any atom is -0.444 e. The zero-order valence-corrected chi connectivity index (χ0v) is 15.3. The molecule has 3 atom stereocenters. The minimum absolute atomic E-state index is 0.197. The summed E-state index contributed by atoms with van der Waals surface area (Å²) in [7, 11) is -1.69. The molecule has 3 heterocycles. The molecule has 0 aliphatic carbocycles. The van der Waals surface area contributed by atoms with Crippen molar-refractivity contribution < 1.29 is 39.5 Å². The molecule has 0 amide bonds. The lowest BCUT2D eigenvalue weighted by atomic mass is 10.7. The van der Waals surface area contributed by atoms with Crippen molar-refractivity contribution >= 4 is 57.7 Å². The van der Waals surface area contributed by atoms with Crippen LogP contribution in [-0.4, -0.2) is 26.3 Å². The molecular weight excluding hydrogens is 415 g/mol. The summed E-state index contributed by atoms with van der Waals surface area (Å²) in [5.74, 6) is 0.